The third-order valence-corrected chi connectivity index (χ3v) is 5.01. The Kier molecular flexibility index (Phi) is 5.29. The molecule has 0 fully saturated rings. The zero-order valence-corrected chi connectivity index (χ0v) is 14.4. The number of primary sulfonamides is 1. The first-order valence-electron chi connectivity index (χ1n) is 6.36. The van der Waals surface area contributed by atoms with Crippen LogP contribution in [-0.2, 0) is 20.0 Å². The number of nitrogens with two attached hydrogens (primary N) is 1. The summed E-state index contributed by atoms with van der Waals surface area (Å²) in [5, 5.41) is 6.15. The van der Waals surface area contributed by atoms with Gasteiger partial charge in [0.2, 0.25) is 10.0 Å². The summed E-state index contributed by atoms with van der Waals surface area (Å²) in [5.41, 5.74) is 0.0343. The van der Waals surface area contributed by atoms with Gasteiger partial charge in [0.15, 0.2) is 0 Å². The molecule has 128 valence electrons. The number of benzene rings is 2. The molecule has 0 bridgehead atoms. The highest BCUT2D eigenvalue weighted by molar-refractivity contribution is 7.95. The van der Waals surface area contributed by atoms with Crippen LogP contribution in [0.4, 0.5) is 10.1 Å². The van der Waals surface area contributed by atoms with E-state index in [4.69, 9.17) is 16.7 Å². The number of sulfonamides is 2. The van der Waals surface area contributed by atoms with Gasteiger partial charge in [-0.1, -0.05) is 29.8 Å². The molecule has 0 saturated heterocycles. The van der Waals surface area contributed by atoms with E-state index in [9.17, 15) is 21.2 Å². The Bertz CT molecular complexity index is 1010. The molecule has 0 aliphatic rings. The summed E-state index contributed by atoms with van der Waals surface area (Å²) in [6, 6.07) is 9.52. The third-order valence-electron chi connectivity index (χ3n) is 2.79. The fraction of sp³-hybridized carbons (Fsp3) is 0. The fourth-order valence-electron chi connectivity index (χ4n) is 1.84. The van der Waals surface area contributed by atoms with Crippen LogP contribution >= 0.6 is 11.6 Å². The summed E-state index contributed by atoms with van der Waals surface area (Å²) >= 11 is 5.79. The van der Waals surface area contributed by atoms with E-state index in [1.54, 1.807) is 18.2 Å². The molecule has 0 heterocycles. The molecule has 24 heavy (non-hydrogen) atoms. The van der Waals surface area contributed by atoms with Gasteiger partial charge in [-0.3, -0.25) is 4.72 Å². The highest BCUT2D eigenvalue weighted by Gasteiger charge is 2.21. The van der Waals surface area contributed by atoms with Gasteiger partial charge in [-0.2, -0.15) is 0 Å². The van der Waals surface area contributed by atoms with E-state index in [1.807, 2.05) is 4.72 Å². The molecule has 0 saturated carbocycles. The van der Waals surface area contributed by atoms with Crippen LogP contribution in [-0.4, -0.2) is 16.8 Å². The Hall–Kier alpha value is -1.94. The molecule has 0 radical (unpaired) electrons. The van der Waals surface area contributed by atoms with Gasteiger partial charge in [0.1, 0.15) is 10.7 Å². The molecule has 2 aromatic rings. The monoisotopic (exact) mass is 390 g/mol. The summed E-state index contributed by atoms with van der Waals surface area (Å²) < 4.78 is 62.7. The number of halogens is 2. The lowest BCUT2D eigenvalue weighted by Gasteiger charge is -2.10. The Morgan fingerprint density at radius 3 is 2.38 bits per heavy atom. The molecular formula is C14H12ClFN2O4S2. The van der Waals surface area contributed by atoms with E-state index >= 15 is 0 Å². The first kappa shape index (κ1) is 18.4. The normalized spacial score (nSPS) is 12.5. The van der Waals surface area contributed by atoms with Gasteiger partial charge < -0.3 is 0 Å². The predicted octanol–water partition coefficient (Wildman–Crippen LogP) is 2.54. The number of rotatable bonds is 5. The summed E-state index contributed by atoms with van der Waals surface area (Å²) in [7, 11) is -8.56. The standard InChI is InChI=1S/C14H12ClFN2O4S2/c15-11-4-1-3-10(9-11)7-8-23(19,20)18-13-6-2-5-12(16)14(13)24(17,21)22/h1-9,18H,(H2,17,21,22). The van der Waals surface area contributed by atoms with E-state index in [2.05, 4.69) is 0 Å². The molecule has 10 heteroatoms. The van der Waals surface area contributed by atoms with E-state index in [0.717, 1.165) is 23.6 Å². The van der Waals surface area contributed by atoms with Crippen molar-refractivity contribution in [3.05, 3.63) is 64.3 Å². The molecule has 0 aliphatic heterocycles. The van der Waals surface area contributed by atoms with Crippen molar-refractivity contribution >= 4 is 43.4 Å². The van der Waals surface area contributed by atoms with Crippen molar-refractivity contribution < 1.29 is 21.2 Å². The SMILES string of the molecule is NS(=O)(=O)c1c(F)cccc1NS(=O)(=O)C=Cc1cccc(Cl)c1. The van der Waals surface area contributed by atoms with Crippen LogP contribution < -0.4 is 9.86 Å². The number of nitrogens with one attached hydrogen (secondary N) is 1. The molecule has 0 amide bonds. The van der Waals surface area contributed by atoms with Gasteiger partial charge in [0.05, 0.1) is 11.1 Å². The minimum atomic E-state index is -4.45. The number of hydrogen-bond donors (Lipinski definition) is 2. The molecule has 0 atom stereocenters. The smallest absolute Gasteiger partial charge is 0.255 e. The summed E-state index contributed by atoms with van der Waals surface area (Å²) in [6.07, 6.45) is 1.25. The van der Waals surface area contributed by atoms with Gasteiger partial charge in [0.25, 0.3) is 10.0 Å². The second-order valence-corrected chi connectivity index (χ2v) is 8.17. The molecule has 2 rings (SSSR count). The molecule has 0 spiro atoms. The zero-order chi connectivity index (χ0) is 18.0. The van der Waals surface area contributed by atoms with Crippen LogP contribution in [0, 0.1) is 5.82 Å². The lowest BCUT2D eigenvalue weighted by Crippen LogP contribution is -2.19. The molecular weight excluding hydrogens is 379 g/mol. The van der Waals surface area contributed by atoms with Gasteiger partial charge in [0, 0.05) is 5.02 Å². The quantitative estimate of drug-likeness (QED) is 0.818. The highest BCUT2D eigenvalue weighted by atomic mass is 35.5. The van der Waals surface area contributed by atoms with E-state index in [-0.39, 0.29) is 0 Å². The van der Waals surface area contributed by atoms with Crippen LogP contribution in [0.1, 0.15) is 5.56 Å². The van der Waals surface area contributed by atoms with Crippen LogP contribution in [0.2, 0.25) is 5.02 Å². The van der Waals surface area contributed by atoms with E-state index in [1.165, 1.54) is 12.1 Å². The molecule has 6 nitrogen and oxygen atoms in total. The van der Waals surface area contributed by atoms with Gasteiger partial charge in [-0.25, -0.2) is 26.4 Å². The molecule has 2 aromatic carbocycles. The molecule has 0 aliphatic carbocycles. The molecule has 3 N–H and O–H groups in total. The summed E-state index contributed by atoms with van der Waals surface area (Å²) in [5.74, 6) is -1.16. The highest BCUT2D eigenvalue weighted by Crippen LogP contribution is 2.24. The van der Waals surface area contributed by atoms with Crippen LogP contribution in [0.15, 0.2) is 52.8 Å². The zero-order valence-electron chi connectivity index (χ0n) is 12.0. The Labute approximate surface area is 143 Å². The minimum absolute atomic E-state index is 0.421. The van der Waals surface area contributed by atoms with Crippen molar-refractivity contribution in [1.82, 2.24) is 0 Å². The topological polar surface area (TPSA) is 106 Å². The van der Waals surface area contributed by atoms with Crippen molar-refractivity contribution in [3.8, 4) is 0 Å². The second kappa shape index (κ2) is 6.89. The van der Waals surface area contributed by atoms with Crippen molar-refractivity contribution in [2.75, 3.05) is 4.72 Å². The minimum Gasteiger partial charge on any atom is -0.279 e. The van der Waals surface area contributed by atoms with Crippen molar-refractivity contribution in [2.45, 2.75) is 4.90 Å². The Morgan fingerprint density at radius 1 is 1.08 bits per heavy atom. The average molecular weight is 391 g/mol. The van der Waals surface area contributed by atoms with Gasteiger partial charge >= 0.3 is 0 Å². The first-order chi connectivity index (χ1) is 11.1. The lowest BCUT2D eigenvalue weighted by molar-refractivity contribution is 0.569. The first-order valence-corrected chi connectivity index (χ1v) is 9.83. The molecule has 0 unspecified atom stereocenters. The van der Waals surface area contributed by atoms with Crippen molar-refractivity contribution in [1.29, 1.82) is 0 Å². The average Bonchev–Trinajstić information content (AvgIpc) is 2.43. The maximum atomic E-state index is 13.7. The van der Waals surface area contributed by atoms with Crippen LogP contribution in [0.25, 0.3) is 6.08 Å². The molecule has 0 aromatic heterocycles. The van der Waals surface area contributed by atoms with Crippen LogP contribution in [0.5, 0.6) is 0 Å². The van der Waals surface area contributed by atoms with E-state index < -0.39 is 36.4 Å². The summed E-state index contributed by atoms with van der Waals surface area (Å²) in [6.45, 7) is 0. The van der Waals surface area contributed by atoms with Gasteiger partial charge in [-0.15, -0.1) is 0 Å². The predicted molar refractivity (Wildman–Crippen MR) is 90.8 cm³/mol. The van der Waals surface area contributed by atoms with Crippen molar-refractivity contribution in [2.24, 2.45) is 5.14 Å². The van der Waals surface area contributed by atoms with Crippen LogP contribution in [0.3, 0.4) is 0 Å². The number of hydrogen-bond acceptors (Lipinski definition) is 4. The third kappa shape index (κ3) is 4.78. The maximum Gasteiger partial charge on any atom is 0.255 e. The largest absolute Gasteiger partial charge is 0.279 e. The lowest BCUT2D eigenvalue weighted by atomic mass is 10.2. The number of anilines is 1. The fourth-order valence-corrected chi connectivity index (χ4v) is 3.75. The summed E-state index contributed by atoms with van der Waals surface area (Å²) in [4.78, 5) is -0.926. The Balaban J connectivity index is 2.36. The van der Waals surface area contributed by atoms with Gasteiger partial charge in [-0.05, 0) is 35.9 Å². The van der Waals surface area contributed by atoms with E-state index in [0.29, 0.717) is 10.6 Å². The Morgan fingerprint density at radius 2 is 1.75 bits per heavy atom. The second-order valence-electron chi connectivity index (χ2n) is 4.67. The van der Waals surface area contributed by atoms with Crippen molar-refractivity contribution in [3.63, 3.8) is 0 Å². The maximum absolute atomic E-state index is 13.7.